The van der Waals surface area contributed by atoms with Crippen molar-refractivity contribution in [2.75, 3.05) is 17.3 Å². The Bertz CT molecular complexity index is 1720. The SMILES string of the molecule is COc1ccc([N+](=O)[O-])cc1-n1c(C)cc([C@H]2[C@H](c3ccccn3)NC(=S)N2c2ccc(NC(=O)C(C)C)c(C)c2)c1C. The number of rotatable bonds is 8. The van der Waals surface area contributed by atoms with Crippen LogP contribution in [-0.4, -0.2) is 32.6 Å². The number of thiocarbonyl (C=S) groups is 1. The summed E-state index contributed by atoms with van der Waals surface area (Å²) in [6, 6.07) is 17.7. The van der Waals surface area contributed by atoms with Crippen LogP contribution in [0.1, 0.15) is 54.1 Å². The van der Waals surface area contributed by atoms with Crippen LogP contribution in [0.25, 0.3) is 5.69 Å². The second kappa shape index (κ2) is 11.8. The predicted molar refractivity (Wildman–Crippen MR) is 171 cm³/mol. The molecule has 0 spiro atoms. The molecule has 0 bridgehead atoms. The Morgan fingerprint density at radius 2 is 1.88 bits per heavy atom. The molecule has 1 fully saturated rings. The number of hydrogen-bond donors (Lipinski definition) is 2. The summed E-state index contributed by atoms with van der Waals surface area (Å²) in [5.74, 6) is 0.330. The van der Waals surface area contributed by atoms with Gasteiger partial charge in [-0.15, -0.1) is 0 Å². The highest BCUT2D eigenvalue weighted by Crippen LogP contribution is 2.45. The molecule has 0 saturated carbocycles. The summed E-state index contributed by atoms with van der Waals surface area (Å²) >= 11 is 5.93. The lowest BCUT2D eigenvalue weighted by Gasteiger charge is -2.29. The highest BCUT2D eigenvalue weighted by atomic mass is 32.1. The number of hydrogen-bond acceptors (Lipinski definition) is 6. The van der Waals surface area contributed by atoms with Gasteiger partial charge in [-0.25, -0.2) is 0 Å². The van der Waals surface area contributed by atoms with E-state index in [9.17, 15) is 14.9 Å². The van der Waals surface area contributed by atoms with Crippen LogP contribution in [0.2, 0.25) is 0 Å². The number of methoxy groups -OCH3 is 1. The fourth-order valence-corrected chi connectivity index (χ4v) is 5.93. The molecule has 2 N–H and O–H groups in total. The van der Waals surface area contributed by atoms with Gasteiger partial charge in [0.1, 0.15) is 5.75 Å². The number of nitrogens with one attached hydrogen (secondary N) is 2. The third kappa shape index (κ3) is 5.55. The van der Waals surface area contributed by atoms with Crippen LogP contribution in [0.4, 0.5) is 17.1 Å². The number of pyridine rings is 1. The van der Waals surface area contributed by atoms with Crippen LogP contribution in [0, 0.1) is 36.8 Å². The molecule has 222 valence electrons. The Hall–Kier alpha value is -4.77. The maximum atomic E-state index is 12.4. The number of amides is 1. The lowest BCUT2D eigenvalue weighted by molar-refractivity contribution is -0.384. The van der Waals surface area contributed by atoms with Gasteiger partial charge in [-0.3, -0.25) is 19.9 Å². The topological polar surface area (TPSA) is 115 Å². The quantitative estimate of drug-likeness (QED) is 0.134. The molecule has 1 amide bonds. The van der Waals surface area contributed by atoms with Crippen molar-refractivity contribution in [3.05, 3.63) is 105 Å². The fraction of sp³-hybridized carbons (Fsp3) is 0.281. The molecule has 5 rings (SSSR count). The lowest BCUT2D eigenvalue weighted by Crippen LogP contribution is -2.29. The molecule has 1 aliphatic rings. The Kier molecular flexibility index (Phi) is 8.19. The van der Waals surface area contributed by atoms with Crippen molar-refractivity contribution in [1.29, 1.82) is 0 Å². The number of carbonyl (C=O) groups excluding carboxylic acids is 1. The lowest BCUT2D eigenvalue weighted by atomic mass is 9.96. The first-order chi connectivity index (χ1) is 20.5. The summed E-state index contributed by atoms with van der Waals surface area (Å²) in [4.78, 5) is 30.3. The number of aromatic nitrogens is 2. The van der Waals surface area contributed by atoms with Crippen molar-refractivity contribution in [3.63, 3.8) is 0 Å². The maximum absolute atomic E-state index is 12.4. The molecule has 2 aromatic carbocycles. The van der Waals surface area contributed by atoms with E-state index < -0.39 is 4.92 Å². The Balaban J connectivity index is 1.66. The minimum Gasteiger partial charge on any atom is -0.495 e. The van der Waals surface area contributed by atoms with Crippen LogP contribution in [0.15, 0.2) is 66.9 Å². The molecule has 0 unspecified atom stereocenters. The normalized spacial score (nSPS) is 16.3. The van der Waals surface area contributed by atoms with E-state index in [-0.39, 0.29) is 29.6 Å². The Labute approximate surface area is 255 Å². The van der Waals surface area contributed by atoms with Gasteiger partial charge in [0.05, 0.1) is 35.5 Å². The first kappa shape index (κ1) is 29.7. The van der Waals surface area contributed by atoms with E-state index in [1.807, 2.05) is 75.6 Å². The van der Waals surface area contributed by atoms with E-state index >= 15 is 0 Å². The number of benzene rings is 2. The Morgan fingerprint density at radius 1 is 1.12 bits per heavy atom. The van der Waals surface area contributed by atoms with Crippen LogP contribution < -0.4 is 20.3 Å². The highest BCUT2D eigenvalue weighted by Gasteiger charge is 2.42. The smallest absolute Gasteiger partial charge is 0.271 e. The number of nitro benzene ring substituents is 1. The third-order valence-electron chi connectivity index (χ3n) is 7.77. The summed E-state index contributed by atoms with van der Waals surface area (Å²) in [6.45, 7) is 9.62. The highest BCUT2D eigenvalue weighted by molar-refractivity contribution is 7.80. The number of non-ortho nitro benzene ring substituents is 1. The van der Waals surface area contributed by atoms with Gasteiger partial charge in [-0.05, 0) is 86.6 Å². The zero-order valence-electron chi connectivity index (χ0n) is 24.9. The van der Waals surface area contributed by atoms with Crippen LogP contribution in [0.3, 0.4) is 0 Å². The molecule has 43 heavy (non-hydrogen) atoms. The van der Waals surface area contributed by atoms with Crippen LogP contribution in [-0.2, 0) is 4.79 Å². The second-order valence-corrected chi connectivity index (χ2v) is 11.3. The van der Waals surface area contributed by atoms with Gasteiger partial charge in [0, 0.05) is 47.0 Å². The molecule has 0 aliphatic carbocycles. The van der Waals surface area contributed by atoms with E-state index in [1.165, 1.54) is 12.1 Å². The third-order valence-corrected chi connectivity index (χ3v) is 8.09. The van der Waals surface area contributed by atoms with E-state index in [0.717, 1.165) is 39.6 Å². The van der Waals surface area contributed by atoms with Crippen molar-refractivity contribution >= 4 is 40.3 Å². The molecule has 4 aromatic rings. The van der Waals surface area contributed by atoms with Gasteiger partial charge in [-0.2, -0.15) is 0 Å². The maximum Gasteiger partial charge on any atom is 0.271 e. The largest absolute Gasteiger partial charge is 0.495 e. The van der Waals surface area contributed by atoms with Crippen molar-refractivity contribution in [2.45, 2.75) is 46.7 Å². The second-order valence-electron chi connectivity index (χ2n) is 10.9. The first-order valence-electron chi connectivity index (χ1n) is 14.0. The molecule has 0 radical (unpaired) electrons. The van der Waals surface area contributed by atoms with Crippen molar-refractivity contribution in [1.82, 2.24) is 14.9 Å². The van der Waals surface area contributed by atoms with Gasteiger partial charge in [-0.1, -0.05) is 19.9 Å². The number of carbonyl (C=O) groups is 1. The zero-order valence-corrected chi connectivity index (χ0v) is 25.7. The monoisotopic (exact) mass is 598 g/mol. The number of anilines is 2. The zero-order chi connectivity index (χ0) is 31.0. The summed E-state index contributed by atoms with van der Waals surface area (Å²) in [5, 5.41) is 18.7. The van der Waals surface area contributed by atoms with Crippen molar-refractivity contribution in [3.8, 4) is 11.4 Å². The van der Waals surface area contributed by atoms with Gasteiger partial charge in [0.2, 0.25) is 5.91 Å². The molecular weight excluding hydrogens is 564 g/mol. The summed E-state index contributed by atoms with van der Waals surface area (Å²) < 4.78 is 7.59. The van der Waals surface area contributed by atoms with E-state index in [4.69, 9.17) is 17.0 Å². The minimum atomic E-state index is -0.411. The van der Waals surface area contributed by atoms with Gasteiger partial charge in [0.25, 0.3) is 5.69 Å². The standard InChI is InChI=1S/C32H34N6O4S/c1-18(2)31(39)34-25-12-10-22(15-19(25)3)37-30(29(35-32(37)43)26-9-7-8-14-33-26)24-16-20(4)36(21(24)5)27-17-23(38(40)41)11-13-28(27)42-6/h7-18,29-30H,1-6H3,(H,34,39)(H,35,43)/t29-,30-/m0/s1. The van der Waals surface area contributed by atoms with Gasteiger partial charge in [0.15, 0.2) is 5.11 Å². The van der Waals surface area contributed by atoms with Gasteiger partial charge < -0.3 is 24.8 Å². The summed E-state index contributed by atoms with van der Waals surface area (Å²) in [7, 11) is 1.55. The number of ether oxygens (including phenoxy) is 1. The predicted octanol–water partition coefficient (Wildman–Crippen LogP) is 6.49. The van der Waals surface area contributed by atoms with Crippen molar-refractivity contribution < 1.29 is 14.5 Å². The van der Waals surface area contributed by atoms with Crippen LogP contribution >= 0.6 is 12.2 Å². The molecule has 1 saturated heterocycles. The molecular formula is C32H34N6O4S. The molecule has 2 aromatic heterocycles. The average molecular weight is 599 g/mol. The molecule has 10 nitrogen and oxygen atoms in total. The molecule has 3 heterocycles. The number of nitro groups is 1. The van der Waals surface area contributed by atoms with E-state index in [1.54, 1.807) is 19.4 Å². The minimum absolute atomic E-state index is 0.0262. The summed E-state index contributed by atoms with van der Waals surface area (Å²) in [6.07, 6.45) is 1.76. The molecule has 2 atom stereocenters. The average Bonchev–Trinajstić information content (AvgIpc) is 3.48. The van der Waals surface area contributed by atoms with Crippen molar-refractivity contribution in [2.24, 2.45) is 5.92 Å². The molecule has 1 aliphatic heterocycles. The van der Waals surface area contributed by atoms with Crippen LogP contribution in [0.5, 0.6) is 5.75 Å². The van der Waals surface area contributed by atoms with Gasteiger partial charge >= 0.3 is 0 Å². The van der Waals surface area contributed by atoms with E-state index in [2.05, 4.69) is 26.6 Å². The summed E-state index contributed by atoms with van der Waals surface area (Å²) in [5.41, 5.74) is 6.63. The first-order valence-corrected chi connectivity index (χ1v) is 14.4. The number of nitrogens with zero attached hydrogens (tertiary/aromatic N) is 4. The number of aryl methyl sites for hydroxylation is 2. The van der Waals surface area contributed by atoms with E-state index in [0.29, 0.717) is 16.5 Å². The molecule has 11 heteroatoms. The fourth-order valence-electron chi connectivity index (χ4n) is 5.59. The Morgan fingerprint density at radius 3 is 2.51 bits per heavy atom.